The fourth-order valence-electron chi connectivity index (χ4n) is 1.28. The van der Waals surface area contributed by atoms with Gasteiger partial charge >= 0.3 is 35.3 Å². The quantitative estimate of drug-likeness (QED) is 0.528. The summed E-state index contributed by atoms with van der Waals surface area (Å²) in [6.45, 7) is 0. The minimum atomic E-state index is -0.472. The van der Waals surface area contributed by atoms with E-state index in [4.69, 9.17) is 24.6 Å². The first-order chi connectivity index (χ1) is 5.31. The molecule has 0 spiro atoms. The molecule has 12 heavy (non-hydrogen) atoms. The van der Waals surface area contributed by atoms with Gasteiger partial charge in [-0.25, -0.2) is 0 Å². The normalized spacial score (nSPS) is 18.6. The predicted octanol–water partition coefficient (Wildman–Crippen LogP) is 4.86. The van der Waals surface area contributed by atoms with Crippen LogP contribution in [-0.4, -0.2) is 6.04 Å². The van der Waals surface area contributed by atoms with Gasteiger partial charge in [-0.3, -0.25) is 0 Å². The smallest absolute Gasteiger partial charge is 0.0534 e. The average molecular weight is 394 g/mol. The first-order valence-electron chi connectivity index (χ1n) is 3.84. The Hall–Kier alpha value is 1.19. The Bertz CT molecular complexity index is 77.8. The second kappa shape index (κ2) is 12.2. The molecule has 1 fully saturated rings. The van der Waals surface area contributed by atoms with Gasteiger partial charge < -0.3 is 11.9 Å². The van der Waals surface area contributed by atoms with Crippen LogP contribution >= 0.6 is 18.8 Å². The summed E-state index contributed by atoms with van der Waals surface area (Å²) in [5, 5.41) is 0. The van der Waals surface area contributed by atoms with E-state index in [9.17, 15) is 0 Å². The van der Waals surface area contributed by atoms with Crippen molar-refractivity contribution >= 4 is 18.8 Å². The van der Waals surface area contributed by atoms with Gasteiger partial charge in [-0.1, -0.05) is 38.5 Å². The molecule has 2 nitrogen and oxygen atoms in total. The van der Waals surface area contributed by atoms with Crippen molar-refractivity contribution in [1.82, 2.24) is 0 Å². The minimum Gasteiger partial charge on any atom is -0.693 e. The minimum absolute atomic E-state index is 0. The van der Waals surface area contributed by atoms with Crippen molar-refractivity contribution in [2.75, 3.05) is 0 Å². The van der Waals surface area contributed by atoms with Crippen molar-refractivity contribution in [3.63, 3.8) is 0 Å². The van der Waals surface area contributed by atoms with Crippen LogP contribution in [0, 0.1) is 0 Å². The summed E-state index contributed by atoms with van der Waals surface area (Å²) in [6.07, 6.45) is 7.65. The maximum Gasteiger partial charge on any atom is -0.0534 e. The Morgan fingerprint density at radius 1 is 1.00 bits per heavy atom. The second-order valence-corrected chi connectivity index (χ2v) is 6.02. The molecule has 0 amide bonds. The van der Waals surface area contributed by atoms with Crippen LogP contribution in [0.4, 0.5) is 0 Å². The van der Waals surface area contributed by atoms with E-state index < -0.39 is 16.5 Å². The molecule has 0 unspecified atom stereocenters. The zero-order valence-corrected chi connectivity index (χ0v) is 10.8. The van der Waals surface area contributed by atoms with Gasteiger partial charge in [-0.2, -0.15) is 0 Å². The first kappa shape index (κ1) is 15.7. The number of hydrogen-bond donors (Lipinski definition) is 0. The van der Waals surface area contributed by atoms with Crippen LogP contribution in [0.3, 0.4) is 0 Å². The molecule has 0 aromatic rings. The van der Waals surface area contributed by atoms with E-state index in [0.29, 0.717) is 0 Å². The van der Waals surface area contributed by atoms with E-state index in [-0.39, 0.29) is 12.2 Å². The number of rotatable bonds is 0. The zero-order valence-electron chi connectivity index (χ0n) is 6.97. The zero-order chi connectivity index (χ0) is 8.53. The summed E-state index contributed by atoms with van der Waals surface area (Å²) in [5.41, 5.74) is 7.41. The summed E-state index contributed by atoms with van der Waals surface area (Å²) >= 11 is -0.472. The molecule has 0 heterocycles. The third kappa shape index (κ3) is 11.2. The van der Waals surface area contributed by atoms with E-state index in [1.54, 1.807) is 0 Å². The second-order valence-electron chi connectivity index (χ2n) is 2.73. The van der Waals surface area contributed by atoms with Crippen LogP contribution < -0.4 is 0 Å². The number of nitrogens with one attached hydrogen (secondary N) is 1. The van der Waals surface area contributed by atoms with Crippen molar-refractivity contribution in [2.24, 2.45) is 0 Å². The molecule has 0 atom stereocenters. The molecule has 3 N–H and O–H groups in total. The summed E-state index contributed by atoms with van der Waals surface area (Å²) in [5.74, 6) is 0. The summed E-state index contributed by atoms with van der Waals surface area (Å²) < 4.78 is 0. The Balaban J connectivity index is 0. The van der Waals surface area contributed by atoms with Gasteiger partial charge in [0.1, 0.15) is 0 Å². The summed E-state index contributed by atoms with van der Waals surface area (Å²) in [7, 11) is 9.75. The maximum absolute atomic E-state index is 7.41. The molecule has 78 valence electrons. The van der Waals surface area contributed by atoms with Gasteiger partial charge in [-0.05, 0) is 0 Å². The molecule has 0 radical (unpaired) electrons. The van der Waals surface area contributed by atoms with Crippen molar-refractivity contribution in [1.29, 1.82) is 0 Å². The SMILES string of the molecule is [Cl][Pt+2][Cl].[NH-]C1CCCCCC1.[NH2-]. The fraction of sp³-hybridized carbons (Fsp3) is 1.00. The van der Waals surface area contributed by atoms with E-state index in [0.717, 1.165) is 12.8 Å². The molecule has 1 rings (SSSR count). The van der Waals surface area contributed by atoms with Gasteiger partial charge in [0, 0.05) is 0 Å². The van der Waals surface area contributed by atoms with E-state index >= 15 is 0 Å². The van der Waals surface area contributed by atoms with Crippen LogP contribution in [0.5, 0.6) is 0 Å². The molecule has 1 aliphatic carbocycles. The predicted molar refractivity (Wildman–Crippen MR) is 52.8 cm³/mol. The Morgan fingerprint density at radius 3 is 1.67 bits per heavy atom. The number of hydrogen-bond acceptors (Lipinski definition) is 0. The standard InChI is InChI=1S/C7H14N.2ClH.H2N.Pt/c8-7-5-3-1-2-4-6-7;;;;/h7-8H,1-6H2;2*1H;1H2;/q-1;;;-1;+4/p-2. The maximum atomic E-state index is 7.41. The van der Waals surface area contributed by atoms with Gasteiger partial charge in [0.2, 0.25) is 0 Å². The topological polar surface area (TPSA) is 57.3 Å². The van der Waals surface area contributed by atoms with Crippen LogP contribution in [0.15, 0.2) is 0 Å². The van der Waals surface area contributed by atoms with E-state index in [1.165, 1.54) is 25.7 Å². The molecule has 0 bridgehead atoms. The van der Waals surface area contributed by atoms with Gasteiger partial charge in [-0.15, -0.1) is 6.04 Å². The monoisotopic (exact) mass is 393 g/mol. The molecular weight excluding hydrogens is 378 g/mol. The van der Waals surface area contributed by atoms with E-state index in [2.05, 4.69) is 0 Å². The molecule has 5 heteroatoms. The van der Waals surface area contributed by atoms with Crippen molar-refractivity contribution in [3.8, 4) is 0 Å². The third-order valence-electron chi connectivity index (χ3n) is 1.86. The molecule has 0 aliphatic heterocycles. The van der Waals surface area contributed by atoms with Gasteiger partial charge in [0.15, 0.2) is 0 Å². The number of nitrogens with two attached hydrogens (primary N) is 1. The average Bonchev–Trinajstić information content (AvgIpc) is 2.18. The van der Waals surface area contributed by atoms with Crippen molar-refractivity contribution < 1.29 is 16.5 Å². The van der Waals surface area contributed by atoms with Gasteiger partial charge in [0.05, 0.1) is 0 Å². The third-order valence-corrected chi connectivity index (χ3v) is 1.86. The Labute approximate surface area is 91.5 Å². The first-order valence-corrected chi connectivity index (χ1v) is 9.48. The van der Waals surface area contributed by atoms with Crippen LogP contribution in [-0.2, 0) is 16.5 Å². The molecule has 0 aromatic carbocycles. The Morgan fingerprint density at radius 2 is 1.33 bits per heavy atom. The molecule has 1 saturated carbocycles. The van der Waals surface area contributed by atoms with Crippen LogP contribution in [0.2, 0.25) is 0 Å². The fourth-order valence-corrected chi connectivity index (χ4v) is 1.28. The van der Waals surface area contributed by atoms with Crippen LogP contribution in [0.25, 0.3) is 11.9 Å². The van der Waals surface area contributed by atoms with Crippen molar-refractivity contribution in [2.45, 2.75) is 44.6 Å². The largest absolute Gasteiger partial charge is 0.693 e. The molecule has 0 aromatic heterocycles. The Kier molecular flexibility index (Phi) is 15.9. The van der Waals surface area contributed by atoms with Crippen molar-refractivity contribution in [3.05, 3.63) is 11.9 Å². The van der Waals surface area contributed by atoms with Gasteiger partial charge in [0.25, 0.3) is 0 Å². The van der Waals surface area contributed by atoms with Crippen LogP contribution in [0.1, 0.15) is 38.5 Å². The van der Waals surface area contributed by atoms with E-state index in [1.807, 2.05) is 0 Å². The molecule has 1 aliphatic rings. The molecule has 0 saturated heterocycles. The molecular formula is C7H16Cl2N2Pt. The summed E-state index contributed by atoms with van der Waals surface area (Å²) in [6, 6.07) is 0.275. The number of halogens is 2. The summed E-state index contributed by atoms with van der Waals surface area (Å²) in [4.78, 5) is 0.